The second kappa shape index (κ2) is 11.5. The van der Waals surface area contributed by atoms with E-state index in [9.17, 15) is 13.2 Å². The molecule has 2 aromatic carbocycles. The molecule has 0 unspecified atom stereocenters. The van der Waals surface area contributed by atoms with Gasteiger partial charge >= 0.3 is 0 Å². The molecule has 4 aromatic rings. The molecule has 0 radical (unpaired) electrons. The van der Waals surface area contributed by atoms with E-state index in [1.165, 1.54) is 41.4 Å². The zero-order valence-corrected chi connectivity index (χ0v) is 21.1. The Morgan fingerprint density at radius 1 is 1.12 bits per heavy atom. The van der Waals surface area contributed by atoms with Crippen molar-refractivity contribution >= 4 is 60.8 Å². The van der Waals surface area contributed by atoms with Crippen LogP contribution in [0.5, 0.6) is 5.75 Å². The van der Waals surface area contributed by atoms with Crippen LogP contribution in [-0.2, 0) is 14.8 Å². The number of halogens is 1. The fraction of sp³-hybridized carbons (Fsp3) is 0.136. The Morgan fingerprint density at radius 3 is 2.62 bits per heavy atom. The molecule has 0 bridgehead atoms. The van der Waals surface area contributed by atoms with E-state index >= 15 is 0 Å². The van der Waals surface area contributed by atoms with Gasteiger partial charge in [-0.1, -0.05) is 17.8 Å². The number of carbonyl (C=O) groups excluding carboxylic acids is 1. The minimum absolute atomic E-state index is 0. The van der Waals surface area contributed by atoms with Gasteiger partial charge in [-0.3, -0.25) is 9.52 Å². The van der Waals surface area contributed by atoms with Crippen molar-refractivity contribution in [2.45, 2.75) is 16.2 Å². The molecule has 0 atom stereocenters. The van der Waals surface area contributed by atoms with Gasteiger partial charge in [0.1, 0.15) is 11.6 Å². The van der Waals surface area contributed by atoms with Gasteiger partial charge in [-0.25, -0.2) is 18.4 Å². The molecule has 0 aliphatic rings. The van der Waals surface area contributed by atoms with Gasteiger partial charge in [0, 0.05) is 11.9 Å². The van der Waals surface area contributed by atoms with Crippen LogP contribution < -0.4 is 27.2 Å². The number of nitrogens with zero attached hydrogens (tertiary/aromatic N) is 2. The maximum atomic E-state index is 12.5. The smallest absolute Gasteiger partial charge is 0.263 e. The summed E-state index contributed by atoms with van der Waals surface area (Å²) in [6.45, 7) is 2.53. The molecule has 12 heteroatoms. The van der Waals surface area contributed by atoms with Crippen molar-refractivity contribution in [3.05, 3.63) is 66.9 Å². The lowest BCUT2D eigenvalue weighted by Gasteiger charge is -2.08. The number of anilines is 2. The number of benzene rings is 2. The maximum Gasteiger partial charge on any atom is 0.263 e. The van der Waals surface area contributed by atoms with Crippen LogP contribution in [0.25, 0.3) is 10.2 Å². The Bertz CT molecular complexity index is 1360. The number of sulfonamides is 1. The fourth-order valence-corrected chi connectivity index (χ4v) is 5.77. The highest BCUT2D eigenvalue weighted by Crippen LogP contribution is 2.32. The molecule has 2 heterocycles. The highest BCUT2D eigenvalue weighted by molar-refractivity contribution is 8.01. The second-order valence-corrected chi connectivity index (χ2v) is 10.7. The molecule has 0 aliphatic heterocycles. The van der Waals surface area contributed by atoms with Gasteiger partial charge < -0.3 is 22.5 Å². The summed E-state index contributed by atoms with van der Waals surface area (Å²) in [5.74, 6) is 0.996. The minimum Gasteiger partial charge on any atom is -1.00 e. The number of pyridine rings is 1. The lowest BCUT2D eigenvalue weighted by Crippen LogP contribution is -3.00. The van der Waals surface area contributed by atoms with Crippen molar-refractivity contribution in [3.8, 4) is 5.75 Å². The van der Waals surface area contributed by atoms with Crippen LogP contribution in [0.2, 0.25) is 0 Å². The summed E-state index contributed by atoms with van der Waals surface area (Å²) in [5.41, 5.74) is 1.37. The SMILES string of the molecule is CCOc1ccc2nc(SCC(=O)Nc3ccc(S(=O)(=O)Nc4ccccn4)cc3)sc2c1.[Cl-]. The van der Waals surface area contributed by atoms with Crippen LogP contribution in [0.15, 0.2) is 76.1 Å². The van der Waals surface area contributed by atoms with Crippen molar-refractivity contribution in [1.29, 1.82) is 0 Å². The van der Waals surface area contributed by atoms with Crippen LogP contribution in [0.1, 0.15) is 6.92 Å². The Labute approximate surface area is 211 Å². The van der Waals surface area contributed by atoms with Gasteiger partial charge in [-0.2, -0.15) is 0 Å². The third-order valence-corrected chi connectivity index (χ3v) is 7.86. The van der Waals surface area contributed by atoms with E-state index in [0.717, 1.165) is 20.3 Å². The molecule has 0 fully saturated rings. The number of ether oxygens (including phenoxy) is 1. The lowest BCUT2D eigenvalue weighted by molar-refractivity contribution is -0.113. The quantitative estimate of drug-likeness (QED) is 0.313. The maximum absolute atomic E-state index is 12.5. The van der Waals surface area contributed by atoms with E-state index in [0.29, 0.717) is 12.3 Å². The van der Waals surface area contributed by atoms with E-state index in [-0.39, 0.29) is 34.8 Å². The monoisotopic (exact) mass is 535 g/mol. The fourth-order valence-electron chi connectivity index (χ4n) is 2.86. The summed E-state index contributed by atoms with van der Waals surface area (Å²) in [6.07, 6.45) is 1.50. The van der Waals surface area contributed by atoms with Crippen molar-refractivity contribution in [1.82, 2.24) is 9.97 Å². The van der Waals surface area contributed by atoms with Gasteiger partial charge in [-0.15, -0.1) is 11.3 Å². The van der Waals surface area contributed by atoms with Crippen molar-refractivity contribution in [3.63, 3.8) is 0 Å². The number of rotatable bonds is 9. The molecule has 0 saturated carbocycles. The van der Waals surface area contributed by atoms with Crippen molar-refractivity contribution in [2.24, 2.45) is 0 Å². The number of hydrogen-bond acceptors (Lipinski definition) is 8. The van der Waals surface area contributed by atoms with Crippen LogP contribution in [0.3, 0.4) is 0 Å². The number of thiazole rings is 1. The third kappa shape index (κ3) is 6.60. The van der Waals surface area contributed by atoms with E-state index in [1.54, 1.807) is 30.3 Å². The average molecular weight is 536 g/mol. The molecule has 8 nitrogen and oxygen atoms in total. The first-order chi connectivity index (χ1) is 15.9. The summed E-state index contributed by atoms with van der Waals surface area (Å²) in [7, 11) is -3.77. The van der Waals surface area contributed by atoms with E-state index in [1.807, 2.05) is 25.1 Å². The third-order valence-electron chi connectivity index (χ3n) is 4.33. The van der Waals surface area contributed by atoms with E-state index < -0.39 is 10.0 Å². The first kappa shape index (κ1) is 25.8. The van der Waals surface area contributed by atoms with Crippen LogP contribution >= 0.6 is 23.1 Å². The summed E-state index contributed by atoms with van der Waals surface area (Å²) in [6, 6.07) is 16.6. The summed E-state index contributed by atoms with van der Waals surface area (Å²) in [5, 5.41) is 2.77. The summed E-state index contributed by atoms with van der Waals surface area (Å²) in [4.78, 5) is 20.9. The largest absolute Gasteiger partial charge is 1.00 e. The topological polar surface area (TPSA) is 110 Å². The van der Waals surface area contributed by atoms with Gasteiger partial charge in [0.05, 0.1) is 27.5 Å². The Kier molecular flexibility index (Phi) is 8.72. The van der Waals surface area contributed by atoms with Crippen LogP contribution in [0.4, 0.5) is 11.5 Å². The van der Waals surface area contributed by atoms with Gasteiger partial charge in [0.2, 0.25) is 5.91 Å². The number of amides is 1. The number of carbonyl (C=O) groups is 1. The highest BCUT2D eigenvalue weighted by Gasteiger charge is 2.15. The van der Waals surface area contributed by atoms with Crippen molar-refractivity contribution in [2.75, 3.05) is 22.4 Å². The molecule has 34 heavy (non-hydrogen) atoms. The molecule has 0 aliphatic carbocycles. The molecule has 2 aromatic heterocycles. The second-order valence-electron chi connectivity index (χ2n) is 6.72. The number of aromatic nitrogens is 2. The van der Waals surface area contributed by atoms with Crippen molar-refractivity contribution < 1.29 is 30.4 Å². The number of nitrogens with one attached hydrogen (secondary N) is 2. The standard InChI is InChI=1S/C22H20N4O4S3.ClH/c1-2-30-16-8-11-18-19(13-16)32-22(25-18)31-14-21(27)24-15-6-9-17(10-7-15)33(28,29)26-20-5-3-4-12-23-20;/h3-13H,2,14H2,1H3,(H,23,26)(H,24,27);1H/p-1. The molecule has 1 amide bonds. The molecule has 4 rings (SSSR count). The zero-order valence-electron chi connectivity index (χ0n) is 17.9. The summed E-state index contributed by atoms with van der Waals surface area (Å²) < 4.78 is 34.7. The predicted molar refractivity (Wildman–Crippen MR) is 132 cm³/mol. The predicted octanol–water partition coefficient (Wildman–Crippen LogP) is 1.63. The number of hydrogen-bond donors (Lipinski definition) is 2. The van der Waals surface area contributed by atoms with Crippen LogP contribution in [0, 0.1) is 0 Å². The minimum atomic E-state index is -3.77. The molecular formula is C22H20ClN4O4S3-. The van der Waals surface area contributed by atoms with Gasteiger partial charge in [-0.05, 0) is 61.5 Å². The summed E-state index contributed by atoms with van der Waals surface area (Å²) >= 11 is 2.85. The molecule has 2 N–H and O–H groups in total. The van der Waals surface area contributed by atoms with Crippen LogP contribution in [-0.4, -0.2) is 36.7 Å². The normalized spacial score (nSPS) is 11.0. The Balaban J connectivity index is 0.00000324. The molecule has 178 valence electrons. The lowest BCUT2D eigenvalue weighted by atomic mass is 10.3. The Hall–Kier alpha value is -2.86. The molecular weight excluding hydrogens is 516 g/mol. The van der Waals surface area contributed by atoms with Gasteiger partial charge in [0.25, 0.3) is 10.0 Å². The molecule has 0 saturated heterocycles. The Morgan fingerprint density at radius 2 is 1.91 bits per heavy atom. The number of fused-ring (bicyclic) bond motifs is 1. The first-order valence-electron chi connectivity index (χ1n) is 9.93. The highest BCUT2D eigenvalue weighted by atomic mass is 35.5. The zero-order chi connectivity index (χ0) is 23.3. The molecule has 0 spiro atoms. The van der Waals surface area contributed by atoms with Gasteiger partial charge in [0.15, 0.2) is 4.34 Å². The average Bonchev–Trinajstić information content (AvgIpc) is 3.21. The first-order valence-corrected chi connectivity index (χ1v) is 13.2. The van der Waals surface area contributed by atoms with E-state index in [2.05, 4.69) is 20.0 Å². The van der Waals surface area contributed by atoms with E-state index in [4.69, 9.17) is 4.74 Å². The number of thioether (sulfide) groups is 1.